The molecule has 2 amide bonds. The van der Waals surface area contributed by atoms with Crippen molar-refractivity contribution in [1.82, 2.24) is 16.2 Å². The Morgan fingerprint density at radius 3 is 2.19 bits per heavy atom. The fourth-order valence-corrected chi connectivity index (χ4v) is 2.52. The number of hydrogen-bond acceptors (Lipinski definition) is 3. The fraction of sp³-hybridized carbons (Fsp3) is 0.250. The number of unbranched alkanes of at least 4 members (excludes halogenated alkanes) is 2. The average Bonchev–Trinajstić information content (AvgIpc) is 2.67. The average molecular weight is 369 g/mol. The summed E-state index contributed by atoms with van der Waals surface area (Å²) in [6, 6.07) is 17.2. The van der Waals surface area contributed by atoms with Gasteiger partial charge in [0.15, 0.2) is 5.11 Å². The van der Waals surface area contributed by atoms with Gasteiger partial charge >= 0.3 is 0 Å². The maximum Gasteiger partial charge on any atom is 0.257 e. The highest BCUT2D eigenvalue weighted by Gasteiger charge is 2.09. The zero-order valence-corrected chi connectivity index (χ0v) is 15.6. The number of benzene rings is 2. The molecule has 0 spiro atoms. The largest absolute Gasteiger partial charge is 0.298 e. The molecule has 2 rings (SSSR count). The number of carbonyl (C=O) groups is 2. The second-order valence-corrected chi connectivity index (χ2v) is 6.27. The lowest BCUT2D eigenvalue weighted by Gasteiger charge is -2.11. The first kappa shape index (κ1) is 19.6. The van der Waals surface area contributed by atoms with Crippen molar-refractivity contribution in [2.75, 3.05) is 0 Å². The van der Waals surface area contributed by atoms with E-state index in [9.17, 15) is 9.59 Å². The number of carbonyl (C=O) groups excluding carboxylic acids is 2. The Morgan fingerprint density at radius 1 is 0.885 bits per heavy atom. The summed E-state index contributed by atoms with van der Waals surface area (Å²) < 4.78 is 0. The third kappa shape index (κ3) is 6.29. The Balaban J connectivity index is 1.81. The first-order chi connectivity index (χ1) is 12.6. The zero-order valence-electron chi connectivity index (χ0n) is 14.7. The molecular formula is C20H23N3O2S. The molecule has 0 aliphatic heterocycles. The van der Waals surface area contributed by atoms with Crippen molar-refractivity contribution in [2.24, 2.45) is 0 Å². The van der Waals surface area contributed by atoms with Gasteiger partial charge in [0.25, 0.3) is 5.91 Å². The Morgan fingerprint density at radius 2 is 1.54 bits per heavy atom. The summed E-state index contributed by atoms with van der Waals surface area (Å²) in [4.78, 5) is 23.8. The van der Waals surface area contributed by atoms with Gasteiger partial charge in [-0.3, -0.25) is 25.8 Å². The summed E-state index contributed by atoms with van der Waals surface area (Å²) in [5, 5.41) is 2.61. The molecule has 0 heterocycles. The molecule has 26 heavy (non-hydrogen) atoms. The van der Waals surface area contributed by atoms with Gasteiger partial charge in [-0.15, -0.1) is 0 Å². The molecule has 2 aromatic rings. The number of nitrogens with one attached hydrogen (secondary N) is 3. The monoisotopic (exact) mass is 369 g/mol. The van der Waals surface area contributed by atoms with Gasteiger partial charge in [-0.25, -0.2) is 0 Å². The summed E-state index contributed by atoms with van der Waals surface area (Å²) in [6.07, 6.45) is 3.32. The Labute approximate surface area is 159 Å². The van der Waals surface area contributed by atoms with Gasteiger partial charge in [0.1, 0.15) is 0 Å². The molecule has 5 nitrogen and oxygen atoms in total. The lowest BCUT2D eigenvalue weighted by Crippen LogP contribution is -2.48. The van der Waals surface area contributed by atoms with E-state index in [1.54, 1.807) is 12.1 Å². The number of hydrogen-bond donors (Lipinski definition) is 3. The van der Waals surface area contributed by atoms with Gasteiger partial charge in [-0.2, -0.15) is 0 Å². The van der Waals surface area contributed by atoms with Crippen LogP contribution < -0.4 is 16.2 Å². The van der Waals surface area contributed by atoms with E-state index in [1.807, 2.05) is 42.5 Å². The minimum Gasteiger partial charge on any atom is -0.298 e. The second-order valence-electron chi connectivity index (χ2n) is 5.86. The van der Waals surface area contributed by atoms with Crippen LogP contribution in [0.1, 0.15) is 43.0 Å². The van der Waals surface area contributed by atoms with Gasteiger partial charge in [0.05, 0.1) is 0 Å². The molecule has 0 aliphatic rings. The van der Waals surface area contributed by atoms with Crippen LogP contribution in [0.3, 0.4) is 0 Å². The molecule has 3 N–H and O–H groups in total. The van der Waals surface area contributed by atoms with Crippen molar-refractivity contribution in [3.63, 3.8) is 0 Å². The Hall–Kier alpha value is -2.73. The topological polar surface area (TPSA) is 70.2 Å². The van der Waals surface area contributed by atoms with Crippen LogP contribution in [0.5, 0.6) is 0 Å². The lowest BCUT2D eigenvalue weighted by atomic mass is 10.0. The van der Waals surface area contributed by atoms with Crippen LogP contribution in [0.15, 0.2) is 54.6 Å². The van der Waals surface area contributed by atoms with E-state index in [4.69, 9.17) is 12.2 Å². The van der Waals surface area contributed by atoms with Crippen molar-refractivity contribution in [3.05, 3.63) is 60.2 Å². The lowest BCUT2D eigenvalue weighted by molar-refractivity contribution is -0.121. The summed E-state index contributed by atoms with van der Waals surface area (Å²) in [5.41, 5.74) is 7.64. The van der Waals surface area contributed by atoms with Crippen molar-refractivity contribution >= 4 is 29.1 Å². The third-order valence-corrected chi connectivity index (χ3v) is 4.01. The van der Waals surface area contributed by atoms with Crippen LogP contribution in [0.25, 0.3) is 11.1 Å². The van der Waals surface area contributed by atoms with Crippen LogP contribution in [0.2, 0.25) is 0 Å². The van der Waals surface area contributed by atoms with Gasteiger partial charge in [0, 0.05) is 12.0 Å². The van der Waals surface area contributed by atoms with E-state index in [-0.39, 0.29) is 16.9 Å². The van der Waals surface area contributed by atoms with Crippen LogP contribution in [-0.4, -0.2) is 16.9 Å². The highest BCUT2D eigenvalue weighted by atomic mass is 32.1. The maximum absolute atomic E-state index is 12.2. The molecule has 0 atom stereocenters. The fourth-order valence-electron chi connectivity index (χ4n) is 2.38. The molecule has 2 aromatic carbocycles. The minimum atomic E-state index is -0.331. The maximum atomic E-state index is 12.2. The molecular weight excluding hydrogens is 346 g/mol. The molecule has 0 bridgehead atoms. The van der Waals surface area contributed by atoms with Crippen molar-refractivity contribution < 1.29 is 9.59 Å². The van der Waals surface area contributed by atoms with E-state index in [0.29, 0.717) is 12.0 Å². The highest BCUT2D eigenvalue weighted by Crippen LogP contribution is 2.19. The molecule has 0 aliphatic carbocycles. The summed E-state index contributed by atoms with van der Waals surface area (Å²) in [6.45, 7) is 2.08. The SMILES string of the molecule is CCCCCC(=O)NNC(=S)NC(=O)c1ccc(-c2ccccc2)cc1. The zero-order chi connectivity index (χ0) is 18.8. The van der Waals surface area contributed by atoms with E-state index >= 15 is 0 Å². The molecule has 0 unspecified atom stereocenters. The molecule has 0 radical (unpaired) electrons. The second kappa shape index (κ2) is 10.3. The number of thiocarbonyl (C=S) groups is 1. The number of amides is 2. The Kier molecular flexibility index (Phi) is 7.76. The summed E-state index contributed by atoms with van der Waals surface area (Å²) in [7, 11) is 0. The van der Waals surface area contributed by atoms with Crippen LogP contribution >= 0.6 is 12.2 Å². The molecule has 0 aromatic heterocycles. The summed E-state index contributed by atoms with van der Waals surface area (Å²) in [5.74, 6) is -0.482. The third-order valence-electron chi connectivity index (χ3n) is 3.80. The van der Waals surface area contributed by atoms with E-state index in [1.165, 1.54) is 0 Å². The van der Waals surface area contributed by atoms with Crippen molar-refractivity contribution in [1.29, 1.82) is 0 Å². The van der Waals surface area contributed by atoms with Gasteiger partial charge in [0.2, 0.25) is 5.91 Å². The van der Waals surface area contributed by atoms with E-state index in [0.717, 1.165) is 30.4 Å². The standard InChI is InChI=1S/C20H23N3O2S/c1-2-3-5-10-18(24)22-23-20(26)21-19(25)17-13-11-16(12-14-17)15-8-6-4-7-9-15/h4,6-9,11-14H,2-3,5,10H2,1H3,(H,22,24)(H2,21,23,25,26). The molecule has 0 saturated heterocycles. The number of rotatable bonds is 6. The van der Waals surface area contributed by atoms with Crippen LogP contribution in [0.4, 0.5) is 0 Å². The first-order valence-corrected chi connectivity index (χ1v) is 9.06. The molecule has 0 fully saturated rings. The van der Waals surface area contributed by atoms with Crippen molar-refractivity contribution in [3.8, 4) is 11.1 Å². The highest BCUT2D eigenvalue weighted by molar-refractivity contribution is 7.80. The van der Waals surface area contributed by atoms with Crippen molar-refractivity contribution in [2.45, 2.75) is 32.6 Å². The smallest absolute Gasteiger partial charge is 0.257 e. The molecule has 0 saturated carbocycles. The normalized spacial score (nSPS) is 10.0. The van der Waals surface area contributed by atoms with Gasteiger partial charge < -0.3 is 0 Å². The van der Waals surface area contributed by atoms with E-state index in [2.05, 4.69) is 23.1 Å². The first-order valence-electron chi connectivity index (χ1n) is 8.66. The minimum absolute atomic E-state index is 0.0611. The predicted molar refractivity (Wildman–Crippen MR) is 107 cm³/mol. The van der Waals surface area contributed by atoms with Gasteiger partial charge in [-0.1, -0.05) is 62.2 Å². The quantitative estimate of drug-likeness (QED) is 0.414. The predicted octanol–water partition coefficient (Wildman–Crippen LogP) is 3.57. The van der Waals surface area contributed by atoms with E-state index < -0.39 is 0 Å². The van der Waals surface area contributed by atoms with Gasteiger partial charge in [-0.05, 0) is 41.9 Å². The summed E-state index contributed by atoms with van der Waals surface area (Å²) >= 11 is 5.03. The molecule has 136 valence electrons. The molecule has 6 heteroatoms. The van der Waals surface area contributed by atoms with Crippen LogP contribution in [-0.2, 0) is 4.79 Å². The van der Waals surface area contributed by atoms with Crippen LogP contribution in [0, 0.1) is 0 Å². The Bertz CT molecular complexity index is 745. The number of hydrazine groups is 1.